The molecule has 0 spiro atoms. The first-order chi connectivity index (χ1) is 7.79. The first kappa shape index (κ1) is 10.5. The lowest BCUT2D eigenvalue weighted by atomic mass is 10.1. The Morgan fingerprint density at radius 1 is 1.19 bits per heavy atom. The molecular weight excluding hydrogens is 200 g/mol. The number of hydrogen-bond acceptors (Lipinski definition) is 3. The van der Waals surface area contributed by atoms with Crippen molar-refractivity contribution in [3.63, 3.8) is 0 Å². The molecule has 1 aromatic heterocycles. The molecule has 0 aliphatic rings. The maximum atomic E-state index is 5.54. The Kier molecular flexibility index (Phi) is 3.05. The van der Waals surface area contributed by atoms with Gasteiger partial charge in [-0.1, -0.05) is 24.3 Å². The van der Waals surface area contributed by atoms with Crippen molar-refractivity contribution in [1.82, 2.24) is 4.98 Å². The summed E-state index contributed by atoms with van der Waals surface area (Å²) in [5.41, 5.74) is 7.81. The molecule has 0 amide bonds. The van der Waals surface area contributed by atoms with Crippen molar-refractivity contribution in [2.75, 3.05) is 12.8 Å². The standard InChI is InChI=1S/C13H14N2O/c1-16-12-5-3-2-4-11(12)8-10-6-7-13(14)15-9-10/h2-7,9H,8H2,1H3,(H2,14,15). The van der Waals surface area contributed by atoms with Crippen LogP contribution < -0.4 is 10.5 Å². The van der Waals surface area contributed by atoms with Crippen molar-refractivity contribution in [3.05, 3.63) is 53.7 Å². The average molecular weight is 214 g/mol. The molecular formula is C13H14N2O. The van der Waals surface area contributed by atoms with E-state index in [4.69, 9.17) is 10.5 Å². The fourth-order valence-corrected chi connectivity index (χ4v) is 1.61. The second-order valence-electron chi connectivity index (χ2n) is 3.58. The number of pyridine rings is 1. The van der Waals surface area contributed by atoms with Crippen molar-refractivity contribution in [3.8, 4) is 5.75 Å². The van der Waals surface area contributed by atoms with Crippen molar-refractivity contribution in [2.45, 2.75) is 6.42 Å². The van der Waals surface area contributed by atoms with Crippen molar-refractivity contribution < 1.29 is 4.74 Å². The van der Waals surface area contributed by atoms with Gasteiger partial charge in [0.1, 0.15) is 11.6 Å². The zero-order valence-corrected chi connectivity index (χ0v) is 9.18. The molecule has 16 heavy (non-hydrogen) atoms. The van der Waals surface area contributed by atoms with E-state index in [1.54, 1.807) is 13.3 Å². The van der Waals surface area contributed by atoms with Crippen molar-refractivity contribution in [2.24, 2.45) is 0 Å². The van der Waals surface area contributed by atoms with Gasteiger partial charge in [0.2, 0.25) is 0 Å². The predicted molar refractivity (Wildman–Crippen MR) is 64.4 cm³/mol. The number of para-hydroxylation sites is 1. The second kappa shape index (κ2) is 4.66. The number of anilines is 1. The summed E-state index contributed by atoms with van der Waals surface area (Å²) in [5.74, 6) is 1.45. The molecule has 2 rings (SSSR count). The van der Waals surface area contributed by atoms with Gasteiger partial charge >= 0.3 is 0 Å². The molecule has 0 fully saturated rings. The predicted octanol–water partition coefficient (Wildman–Crippen LogP) is 2.26. The summed E-state index contributed by atoms with van der Waals surface area (Å²) in [4.78, 5) is 4.07. The van der Waals surface area contributed by atoms with Crippen molar-refractivity contribution in [1.29, 1.82) is 0 Å². The van der Waals surface area contributed by atoms with Gasteiger partial charge in [0.25, 0.3) is 0 Å². The fourth-order valence-electron chi connectivity index (χ4n) is 1.61. The van der Waals surface area contributed by atoms with Gasteiger partial charge in [0.15, 0.2) is 0 Å². The zero-order chi connectivity index (χ0) is 11.4. The van der Waals surface area contributed by atoms with Gasteiger partial charge in [-0.25, -0.2) is 4.98 Å². The number of benzene rings is 1. The SMILES string of the molecule is COc1ccccc1Cc1ccc(N)nc1. The van der Waals surface area contributed by atoms with Gasteiger partial charge in [0, 0.05) is 12.6 Å². The third-order valence-corrected chi connectivity index (χ3v) is 2.43. The van der Waals surface area contributed by atoms with E-state index < -0.39 is 0 Å². The van der Waals surface area contributed by atoms with E-state index in [0.29, 0.717) is 5.82 Å². The first-order valence-electron chi connectivity index (χ1n) is 5.12. The monoisotopic (exact) mass is 214 g/mol. The normalized spacial score (nSPS) is 10.1. The summed E-state index contributed by atoms with van der Waals surface area (Å²) in [7, 11) is 1.68. The Labute approximate surface area is 94.9 Å². The molecule has 0 unspecified atom stereocenters. The van der Waals surface area contributed by atoms with E-state index in [-0.39, 0.29) is 0 Å². The molecule has 2 aromatic rings. The summed E-state index contributed by atoms with van der Waals surface area (Å²) in [6.45, 7) is 0. The minimum atomic E-state index is 0.545. The lowest BCUT2D eigenvalue weighted by Crippen LogP contribution is -1.95. The van der Waals surface area contributed by atoms with Gasteiger partial charge in [-0.15, -0.1) is 0 Å². The number of nitrogen functional groups attached to an aromatic ring is 1. The van der Waals surface area contributed by atoms with E-state index in [1.807, 2.05) is 30.3 Å². The van der Waals surface area contributed by atoms with Crippen LogP contribution >= 0.6 is 0 Å². The molecule has 0 radical (unpaired) electrons. The van der Waals surface area contributed by atoms with E-state index in [0.717, 1.165) is 23.3 Å². The minimum Gasteiger partial charge on any atom is -0.496 e. The van der Waals surface area contributed by atoms with Crippen LogP contribution in [0.2, 0.25) is 0 Å². The summed E-state index contributed by atoms with van der Waals surface area (Å²) in [6.07, 6.45) is 2.60. The highest BCUT2D eigenvalue weighted by Crippen LogP contribution is 2.20. The van der Waals surface area contributed by atoms with Crippen LogP contribution in [0.4, 0.5) is 5.82 Å². The smallest absolute Gasteiger partial charge is 0.123 e. The van der Waals surface area contributed by atoms with Gasteiger partial charge < -0.3 is 10.5 Å². The van der Waals surface area contributed by atoms with Crippen LogP contribution in [0, 0.1) is 0 Å². The number of rotatable bonds is 3. The largest absolute Gasteiger partial charge is 0.496 e. The quantitative estimate of drug-likeness (QED) is 0.852. The van der Waals surface area contributed by atoms with E-state index in [2.05, 4.69) is 11.1 Å². The number of hydrogen-bond donors (Lipinski definition) is 1. The highest BCUT2D eigenvalue weighted by Gasteiger charge is 2.02. The van der Waals surface area contributed by atoms with Crippen LogP contribution in [0.15, 0.2) is 42.6 Å². The van der Waals surface area contributed by atoms with Crippen LogP contribution in [-0.2, 0) is 6.42 Å². The molecule has 0 saturated heterocycles. The molecule has 1 heterocycles. The van der Waals surface area contributed by atoms with Gasteiger partial charge in [-0.05, 0) is 23.3 Å². The zero-order valence-electron chi connectivity index (χ0n) is 9.18. The molecule has 0 bridgehead atoms. The molecule has 82 valence electrons. The number of ether oxygens (including phenoxy) is 1. The Bertz CT molecular complexity index is 466. The Hall–Kier alpha value is -2.03. The Balaban J connectivity index is 2.23. The lowest BCUT2D eigenvalue weighted by molar-refractivity contribution is 0.410. The highest BCUT2D eigenvalue weighted by atomic mass is 16.5. The molecule has 0 saturated carbocycles. The van der Waals surface area contributed by atoms with Gasteiger partial charge in [0.05, 0.1) is 7.11 Å². The van der Waals surface area contributed by atoms with Gasteiger partial charge in [-0.3, -0.25) is 0 Å². The third-order valence-electron chi connectivity index (χ3n) is 2.43. The van der Waals surface area contributed by atoms with Crippen LogP contribution in [0.1, 0.15) is 11.1 Å². The van der Waals surface area contributed by atoms with Crippen LogP contribution in [0.3, 0.4) is 0 Å². The fraction of sp³-hybridized carbons (Fsp3) is 0.154. The van der Waals surface area contributed by atoms with E-state index in [1.165, 1.54) is 0 Å². The van der Waals surface area contributed by atoms with E-state index >= 15 is 0 Å². The lowest BCUT2D eigenvalue weighted by Gasteiger charge is -2.07. The summed E-state index contributed by atoms with van der Waals surface area (Å²) in [5, 5.41) is 0. The number of aromatic nitrogens is 1. The molecule has 0 atom stereocenters. The summed E-state index contributed by atoms with van der Waals surface area (Å²) < 4.78 is 5.30. The topological polar surface area (TPSA) is 48.1 Å². The number of methoxy groups -OCH3 is 1. The Morgan fingerprint density at radius 2 is 2.00 bits per heavy atom. The maximum absolute atomic E-state index is 5.54. The summed E-state index contributed by atoms with van der Waals surface area (Å²) in [6, 6.07) is 11.8. The van der Waals surface area contributed by atoms with Gasteiger partial charge in [-0.2, -0.15) is 0 Å². The number of nitrogens with zero attached hydrogens (tertiary/aromatic N) is 1. The first-order valence-corrected chi connectivity index (χ1v) is 5.12. The minimum absolute atomic E-state index is 0.545. The molecule has 0 aliphatic heterocycles. The van der Waals surface area contributed by atoms with Crippen LogP contribution in [0.25, 0.3) is 0 Å². The van der Waals surface area contributed by atoms with Crippen LogP contribution in [0.5, 0.6) is 5.75 Å². The van der Waals surface area contributed by atoms with E-state index in [9.17, 15) is 0 Å². The molecule has 2 N–H and O–H groups in total. The highest BCUT2D eigenvalue weighted by molar-refractivity contribution is 5.38. The van der Waals surface area contributed by atoms with Crippen LogP contribution in [-0.4, -0.2) is 12.1 Å². The second-order valence-corrected chi connectivity index (χ2v) is 3.58. The number of nitrogens with two attached hydrogens (primary N) is 1. The molecule has 3 nitrogen and oxygen atoms in total. The molecule has 1 aromatic carbocycles. The molecule has 3 heteroatoms. The molecule has 0 aliphatic carbocycles. The maximum Gasteiger partial charge on any atom is 0.123 e. The average Bonchev–Trinajstić information content (AvgIpc) is 2.33. The third kappa shape index (κ3) is 2.31. The Morgan fingerprint density at radius 3 is 2.69 bits per heavy atom. The summed E-state index contributed by atoms with van der Waals surface area (Å²) >= 11 is 0. The van der Waals surface area contributed by atoms with Crippen molar-refractivity contribution >= 4 is 5.82 Å².